The molecule has 0 aliphatic carbocycles. The van der Waals surface area contributed by atoms with E-state index in [1.165, 1.54) is 144 Å². The van der Waals surface area contributed by atoms with Crippen molar-refractivity contribution in [1.29, 1.82) is 0 Å². The van der Waals surface area contributed by atoms with Crippen LogP contribution in [0.1, 0.15) is 66.8 Å². The topological polar surface area (TPSA) is 47.9 Å². The minimum absolute atomic E-state index is 0.0921. The highest BCUT2D eigenvalue weighted by Gasteiger charge is 2.49. The Labute approximate surface area is 544 Å². The van der Waals surface area contributed by atoms with Gasteiger partial charge in [-0.3, -0.25) is 0 Å². The number of nitrogens with zero attached hydrogens (tertiary/aromatic N) is 2. The Morgan fingerprint density at radius 1 is 0.312 bits per heavy atom. The maximum atomic E-state index is 7.69. The molecule has 1 aromatic heterocycles. The second-order valence-corrected chi connectivity index (χ2v) is 27.9. The molecule has 0 fully saturated rings. The zero-order valence-corrected chi connectivity index (χ0v) is 54.6. The van der Waals surface area contributed by atoms with E-state index in [2.05, 4.69) is 274 Å². The number of nitrogens with one attached hydrogen (secondary N) is 1. The van der Waals surface area contributed by atoms with Crippen LogP contribution in [0, 0.1) is 83.1 Å². The molecule has 6 nitrogen and oxygen atoms in total. The Bertz CT molecular complexity index is 5560. The van der Waals surface area contributed by atoms with E-state index in [4.69, 9.17) is 14.2 Å². The molecule has 13 aromatic rings. The van der Waals surface area contributed by atoms with Crippen LogP contribution >= 0.6 is 0 Å². The fraction of sp³-hybridized carbons (Fsp3) is 0.143. The van der Waals surface area contributed by atoms with Gasteiger partial charge in [-0.2, -0.15) is 0 Å². The molecule has 12 aromatic carbocycles. The lowest BCUT2D eigenvalue weighted by Crippen LogP contribution is -2.64. The summed E-state index contributed by atoms with van der Waals surface area (Å²) in [6, 6.07) is 67.2. The van der Waals surface area contributed by atoms with Gasteiger partial charge in [0.15, 0.2) is 0 Å². The van der Waals surface area contributed by atoms with Crippen LogP contribution in [-0.2, 0) is 0 Å². The second-order valence-electron chi connectivity index (χ2n) is 27.9. The SMILES string of the molecule is Cc1cc(C)c(-c2cc3c4c(c2)Oc2cc5c(cc2B4c2cc4c(cc2O3)Nc2cc(-c3c(C)cc(C)cc3C)cc3c2B4c2cccc4c6ccccc6n-3c24)B2c3ccccc3Oc3cc(-c4c(C)cc(C)cc4C)cc(c32)N5c2c(C)cc(C)cc2C)c(C)c1. The standard InChI is InChI=1S/C84H66B3N3O3/c1-42-24-46(5)77(47(6)25-42)54-32-66-80-69(33-54)89-67-22-15-13-18-57(67)58-19-17-21-60(84(58)89)86(80)61-38-63-72(40-65(61)88-66)92-75-36-56(79-50(9)28-44(3)29-51(79)10)37-76-82(75)87(63)64-39-62-68(41-73(64)93-76)90(83-52(11)30-45(4)31-53(83)12)70-34-55(78-48(7)26-43(2)27-49(78)8)35-74-81(70)85(62)59-20-14-16-23-71(59)91-74/h13-41,88H,1-12H3. The summed E-state index contributed by atoms with van der Waals surface area (Å²) in [5.41, 5.74) is 41.8. The van der Waals surface area contributed by atoms with Crippen LogP contribution < -0.4 is 73.6 Å². The minimum Gasteiger partial charge on any atom is -0.458 e. The van der Waals surface area contributed by atoms with Crippen molar-refractivity contribution < 1.29 is 14.2 Å². The third kappa shape index (κ3) is 7.56. The fourth-order valence-electron chi connectivity index (χ4n) is 18.6. The predicted octanol–water partition coefficient (Wildman–Crippen LogP) is 15.5. The summed E-state index contributed by atoms with van der Waals surface area (Å²) >= 11 is 0. The molecule has 0 atom stereocenters. The summed E-state index contributed by atoms with van der Waals surface area (Å²) in [6.07, 6.45) is 0. The highest BCUT2D eigenvalue weighted by atomic mass is 16.5. The second kappa shape index (κ2) is 19.1. The van der Waals surface area contributed by atoms with E-state index >= 15 is 0 Å². The number of aryl methyl sites for hydroxylation is 12. The molecule has 6 aliphatic heterocycles. The first-order chi connectivity index (χ1) is 45.0. The van der Waals surface area contributed by atoms with E-state index in [9.17, 15) is 0 Å². The van der Waals surface area contributed by atoms with E-state index in [-0.39, 0.29) is 20.1 Å². The van der Waals surface area contributed by atoms with Gasteiger partial charge in [-0.1, -0.05) is 138 Å². The van der Waals surface area contributed by atoms with Gasteiger partial charge >= 0.3 is 0 Å². The molecule has 6 aliphatic rings. The summed E-state index contributed by atoms with van der Waals surface area (Å²) in [6.45, 7) is 26.3. The van der Waals surface area contributed by atoms with Gasteiger partial charge in [-0.25, -0.2) is 0 Å². The van der Waals surface area contributed by atoms with Gasteiger partial charge in [0, 0.05) is 62.3 Å². The predicted molar refractivity (Wildman–Crippen MR) is 392 cm³/mol. The lowest BCUT2D eigenvalue weighted by Gasteiger charge is -2.43. The van der Waals surface area contributed by atoms with Crippen molar-refractivity contribution in [3.8, 4) is 73.6 Å². The van der Waals surface area contributed by atoms with Gasteiger partial charge in [-0.15, -0.1) is 0 Å². The molecule has 0 unspecified atom stereocenters. The molecule has 0 spiro atoms. The van der Waals surface area contributed by atoms with Crippen molar-refractivity contribution in [2.45, 2.75) is 83.1 Å². The number of rotatable bonds is 4. The van der Waals surface area contributed by atoms with Crippen molar-refractivity contribution in [3.05, 3.63) is 243 Å². The Hall–Kier alpha value is -10.4. The summed E-state index contributed by atoms with van der Waals surface area (Å²) in [5.74, 6) is 5.05. The molecule has 1 N–H and O–H groups in total. The molecule has 0 bridgehead atoms. The smallest absolute Gasteiger partial charge is 0.260 e. The zero-order chi connectivity index (χ0) is 63.0. The van der Waals surface area contributed by atoms with Gasteiger partial charge in [0.1, 0.15) is 34.5 Å². The highest BCUT2D eigenvalue weighted by Crippen LogP contribution is 2.50. The fourth-order valence-corrected chi connectivity index (χ4v) is 18.6. The van der Waals surface area contributed by atoms with E-state index in [1.54, 1.807) is 0 Å². The van der Waals surface area contributed by atoms with Gasteiger partial charge in [0.05, 0.1) is 11.2 Å². The van der Waals surface area contributed by atoms with E-state index < -0.39 is 0 Å². The van der Waals surface area contributed by atoms with Crippen LogP contribution in [0.4, 0.5) is 28.4 Å². The van der Waals surface area contributed by atoms with Crippen molar-refractivity contribution >= 4 is 120 Å². The summed E-state index contributed by atoms with van der Waals surface area (Å²) in [5, 5.41) is 6.68. The Kier molecular flexibility index (Phi) is 11.2. The van der Waals surface area contributed by atoms with E-state index in [0.717, 1.165) is 95.9 Å². The van der Waals surface area contributed by atoms with Crippen LogP contribution in [-0.4, -0.2) is 24.7 Å². The van der Waals surface area contributed by atoms with E-state index in [0.29, 0.717) is 0 Å². The average molecular weight is 1200 g/mol. The zero-order valence-electron chi connectivity index (χ0n) is 54.6. The first-order valence-corrected chi connectivity index (χ1v) is 33.0. The van der Waals surface area contributed by atoms with Gasteiger partial charge < -0.3 is 29.0 Å². The van der Waals surface area contributed by atoms with Gasteiger partial charge in [0.2, 0.25) is 0 Å². The first kappa shape index (κ1) is 54.4. The quantitative estimate of drug-likeness (QED) is 0.178. The Morgan fingerprint density at radius 3 is 1.42 bits per heavy atom. The number of benzene rings is 12. The van der Waals surface area contributed by atoms with Crippen molar-refractivity contribution in [2.24, 2.45) is 0 Å². The van der Waals surface area contributed by atoms with Crippen LogP contribution in [0.2, 0.25) is 0 Å². The molecule has 19 rings (SSSR count). The molecule has 9 heteroatoms. The molecular weight excluding hydrogens is 1130 g/mol. The Morgan fingerprint density at radius 2 is 0.785 bits per heavy atom. The van der Waals surface area contributed by atoms with Crippen molar-refractivity contribution in [2.75, 3.05) is 10.2 Å². The first-order valence-electron chi connectivity index (χ1n) is 33.0. The Balaban J connectivity index is 0.885. The molecule has 0 radical (unpaired) electrons. The molecule has 93 heavy (non-hydrogen) atoms. The van der Waals surface area contributed by atoms with Crippen LogP contribution in [0.5, 0.6) is 34.5 Å². The number of hydrogen-bond acceptors (Lipinski definition) is 5. The summed E-state index contributed by atoms with van der Waals surface area (Å²) < 4.78 is 25.1. The van der Waals surface area contributed by atoms with Gasteiger partial charge in [-0.05, 0) is 253 Å². The summed E-state index contributed by atoms with van der Waals surface area (Å²) in [7, 11) is 0. The van der Waals surface area contributed by atoms with Crippen LogP contribution in [0.3, 0.4) is 0 Å². The summed E-state index contributed by atoms with van der Waals surface area (Å²) in [4.78, 5) is 2.55. The molecule has 0 saturated heterocycles. The van der Waals surface area contributed by atoms with Gasteiger partial charge in [0.25, 0.3) is 20.1 Å². The number of aromatic nitrogens is 1. The lowest BCUT2D eigenvalue weighted by molar-refractivity contribution is 0.465. The van der Waals surface area contributed by atoms with Crippen molar-refractivity contribution in [1.82, 2.24) is 4.57 Å². The number of ether oxygens (including phenoxy) is 3. The number of fused-ring (bicyclic) bond motifs is 15. The maximum Gasteiger partial charge on any atom is 0.260 e. The maximum absolute atomic E-state index is 7.69. The van der Waals surface area contributed by atoms with E-state index in [1.807, 2.05) is 0 Å². The van der Waals surface area contributed by atoms with Crippen LogP contribution in [0.15, 0.2) is 176 Å². The number of hydrogen-bond donors (Lipinski definition) is 1. The third-order valence-corrected chi connectivity index (χ3v) is 21.5. The molecule has 444 valence electrons. The monoisotopic (exact) mass is 1200 g/mol. The molecule has 0 amide bonds. The van der Waals surface area contributed by atoms with Crippen molar-refractivity contribution in [3.63, 3.8) is 0 Å². The molecular formula is C84H66B3N3O3. The number of para-hydroxylation sites is 3. The largest absolute Gasteiger partial charge is 0.458 e. The molecule has 7 heterocycles. The highest BCUT2D eigenvalue weighted by molar-refractivity contribution is 7.03. The molecule has 0 saturated carbocycles. The minimum atomic E-state index is -0.268. The van der Waals surface area contributed by atoms with Crippen LogP contribution in [0.25, 0.3) is 60.9 Å². The lowest BCUT2D eigenvalue weighted by atomic mass is 9.30. The third-order valence-electron chi connectivity index (χ3n) is 21.5. The number of anilines is 5. The average Bonchev–Trinajstić information content (AvgIpc) is 1.63. The normalized spacial score (nSPS) is 13.6.